The lowest BCUT2D eigenvalue weighted by Crippen LogP contribution is -2.45. The van der Waals surface area contributed by atoms with E-state index in [0.29, 0.717) is 5.15 Å². The van der Waals surface area contributed by atoms with Gasteiger partial charge in [0.2, 0.25) is 0 Å². The number of aromatic nitrogens is 2. The van der Waals surface area contributed by atoms with E-state index in [4.69, 9.17) is 23.2 Å². The van der Waals surface area contributed by atoms with E-state index in [0.717, 1.165) is 50.1 Å². The van der Waals surface area contributed by atoms with Crippen molar-refractivity contribution in [2.75, 3.05) is 26.2 Å². The van der Waals surface area contributed by atoms with Crippen molar-refractivity contribution in [1.29, 1.82) is 0 Å². The van der Waals surface area contributed by atoms with Gasteiger partial charge in [-0.2, -0.15) is 0 Å². The second kappa shape index (κ2) is 7.01. The Balaban J connectivity index is 1.50. The Hall–Kier alpha value is -1.07. The van der Waals surface area contributed by atoms with Crippen LogP contribution in [0.1, 0.15) is 11.4 Å². The van der Waals surface area contributed by atoms with Gasteiger partial charge in [0.25, 0.3) is 0 Å². The summed E-state index contributed by atoms with van der Waals surface area (Å²) in [6.07, 6.45) is 1.72. The Morgan fingerprint density at radius 1 is 0.955 bits per heavy atom. The van der Waals surface area contributed by atoms with Gasteiger partial charge in [0.1, 0.15) is 11.0 Å². The first-order valence-corrected chi connectivity index (χ1v) is 8.22. The number of rotatable bonds is 4. The second-order valence-electron chi connectivity index (χ2n) is 5.73. The number of piperazine rings is 1. The Morgan fingerprint density at radius 3 is 2.09 bits per heavy atom. The minimum absolute atomic E-state index is 0.691. The summed E-state index contributed by atoms with van der Waals surface area (Å²) in [6, 6.07) is 8.12. The quantitative estimate of drug-likeness (QED) is 0.856. The summed E-state index contributed by atoms with van der Waals surface area (Å²) in [4.78, 5) is 9.27. The van der Waals surface area contributed by atoms with Crippen LogP contribution >= 0.6 is 23.2 Å². The van der Waals surface area contributed by atoms with Gasteiger partial charge in [-0.3, -0.25) is 9.80 Å². The largest absolute Gasteiger partial charge is 0.321 e. The smallest absolute Gasteiger partial charge is 0.128 e. The van der Waals surface area contributed by atoms with E-state index in [1.807, 2.05) is 23.7 Å². The van der Waals surface area contributed by atoms with Gasteiger partial charge in [0.05, 0.1) is 12.7 Å². The molecule has 2 aromatic rings. The molecule has 6 heteroatoms. The minimum Gasteiger partial charge on any atom is -0.321 e. The molecule has 0 unspecified atom stereocenters. The van der Waals surface area contributed by atoms with E-state index in [-0.39, 0.29) is 0 Å². The molecule has 1 aliphatic rings. The molecule has 1 aromatic heterocycles. The fraction of sp³-hybridized carbons (Fsp3) is 0.438. The molecular weight excluding hydrogens is 319 g/mol. The number of halogens is 2. The van der Waals surface area contributed by atoms with Crippen LogP contribution in [0.3, 0.4) is 0 Å². The molecule has 1 fully saturated rings. The summed E-state index contributed by atoms with van der Waals surface area (Å²) in [5.41, 5.74) is 1.31. The molecule has 2 heterocycles. The lowest BCUT2D eigenvalue weighted by atomic mass is 10.2. The molecule has 0 amide bonds. The zero-order chi connectivity index (χ0) is 15.5. The van der Waals surface area contributed by atoms with Crippen molar-refractivity contribution in [3.05, 3.63) is 52.0 Å². The van der Waals surface area contributed by atoms with Crippen LogP contribution in [-0.2, 0) is 20.1 Å². The van der Waals surface area contributed by atoms with Crippen LogP contribution < -0.4 is 0 Å². The molecule has 118 valence electrons. The molecule has 1 saturated heterocycles. The molecule has 1 aromatic carbocycles. The Kier molecular flexibility index (Phi) is 5.03. The lowest BCUT2D eigenvalue weighted by molar-refractivity contribution is 0.119. The third-order valence-electron chi connectivity index (χ3n) is 4.18. The van der Waals surface area contributed by atoms with Crippen molar-refractivity contribution >= 4 is 23.2 Å². The average molecular weight is 339 g/mol. The minimum atomic E-state index is 0.691. The van der Waals surface area contributed by atoms with Crippen molar-refractivity contribution in [2.45, 2.75) is 13.1 Å². The number of hydrogen-bond acceptors (Lipinski definition) is 3. The van der Waals surface area contributed by atoms with E-state index < -0.39 is 0 Å². The number of hydrogen-bond donors (Lipinski definition) is 0. The van der Waals surface area contributed by atoms with Crippen LogP contribution in [0.25, 0.3) is 0 Å². The predicted molar refractivity (Wildman–Crippen MR) is 90.2 cm³/mol. The van der Waals surface area contributed by atoms with Gasteiger partial charge in [-0.1, -0.05) is 35.3 Å². The fourth-order valence-electron chi connectivity index (χ4n) is 2.72. The van der Waals surface area contributed by atoms with Crippen LogP contribution in [0.2, 0.25) is 10.2 Å². The molecule has 0 bridgehead atoms. The number of benzene rings is 1. The molecule has 0 N–H and O–H groups in total. The van der Waals surface area contributed by atoms with E-state index in [1.54, 1.807) is 6.20 Å². The topological polar surface area (TPSA) is 24.3 Å². The van der Waals surface area contributed by atoms with Gasteiger partial charge in [0.15, 0.2) is 0 Å². The van der Waals surface area contributed by atoms with Crippen molar-refractivity contribution in [3.63, 3.8) is 0 Å². The molecule has 4 nitrogen and oxygen atoms in total. The summed E-state index contributed by atoms with van der Waals surface area (Å²) in [6.45, 7) is 6.09. The highest BCUT2D eigenvalue weighted by molar-refractivity contribution is 6.30. The van der Waals surface area contributed by atoms with E-state index >= 15 is 0 Å². The molecule has 0 aliphatic carbocycles. The summed E-state index contributed by atoms with van der Waals surface area (Å²) >= 11 is 12.0. The van der Waals surface area contributed by atoms with Crippen LogP contribution in [0.5, 0.6) is 0 Å². The molecule has 0 saturated carbocycles. The molecule has 0 radical (unpaired) electrons. The van der Waals surface area contributed by atoms with E-state index in [9.17, 15) is 0 Å². The second-order valence-corrected chi connectivity index (χ2v) is 6.56. The molecule has 0 spiro atoms. The number of imidazole rings is 1. The van der Waals surface area contributed by atoms with Gasteiger partial charge in [-0.15, -0.1) is 0 Å². The molecule has 0 atom stereocenters. The van der Waals surface area contributed by atoms with Gasteiger partial charge in [-0.05, 0) is 17.7 Å². The van der Waals surface area contributed by atoms with Gasteiger partial charge >= 0.3 is 0 Å². The van der Waals surface area contributed by atoms with Gasteiger partial charge in [-0.25, -0.2) is 4.98 Å². The maximum Gasteiger partial charge on any atom is 0.128 e. The Morgan fingerprint density at radius 2 is 1.55 bits per heavy atom. The summed E-state index contributed by atoms with van der Waals surface area (Å²) in [5.74, 6) is 1.02. The first-order valence-electron chi connectivity index (χ1n) is 7.47. The first-order chi connectivity index (χ1) is 10.6. The summed E-state index contributed by atoms with van der Waals surface area (Å²) < 4.78 is 1.95. The van der Waals surface area contributed by atoms with Crippen molar-refractivity contribution in [3.8, 4) is 0 Å². The van der Waals surface area contributed by atoms with E-state index in [1.165, 1.54) is 5.56 Å². The maximum absolute atomic E-state index is 6.04. The fourth-order valence-corrected chi connectivity index (χ4v) is 3.00. The predicted octanol–water partition coefficient (Wildman–Crippen LogP) is 3.04. The van der Waals surface area contributed by atoms with E-state index in [2.05, 4.69) is 26.9 Å². The molecule has 1 aliphatic heterocycles. The third kappa shape index (κ3) is 3.82. The summed E-state index contributed by atoms with van der Waals surface area (Å²) in [5, 5.41) is 1.48. The normalized spacial score (nSPS) is 17.0. The first kappa shape index (κ1) is 15.8. The molecular formula is C16H20Cl2N4. The van der Waals surface area contributed by atoms with Crippen LogP contribution in [-0.4, -0.2) is 45.5 Å². The SMILES string of the molecule is Cn1c(Cl)cnc1CN1CCN(Cc2ccc(Cl)cc2)CC1. The van der Waals surface area contributed by atoms with Crippen molar-refractivity contribution in [1.82, 2.24) is 19.4 Å². The standard InChI is InChI=1S/C16H20Cl2N4/c1-20-15(18)10-19-16(20)12-22-8-6-21(7-9-22)11-13-2-4-14(17)5-3-13/h2-5,10H,6-9,11-12H2,1H3. The zero-order valence-electron chi connectivity index (χ0n) is 12.7. The van der Waals surface area contributed by atoms with Gasteiger partial charge < -0.3 is 4.57 Å². The maximum atomic E-state index is 6.04. The van der Waals surface area contributed by atoms with Crippen LogP contribution in [0.15, 0.2) is 30.5 Å². The molecule has 22 heavy (non-hydrogen) atoms. The zero-order valence-corrected chi connectivity index (χ0v) is 14.2. The average Bonchev–Trinajstić information content (AvgIpc) is 2.84. The Labute approximate surface area is 141 Å². The Bertz CT molecular complexity index is 616. The van der Waals surface area contributed by atoms with Crippen molar-refractivity contribution < 1.29 is 0 Å². The third-order valence-corrected chi connectivity index (χ3v) is 4.78. The highest BCUT2D eigenvalue weighted by atomic mass is 35.5. The van der Waals surface area contributed by atoms with Crippen molar-refractivity contribution in [2.24, 2.45) is 7.05 Å². The monoisotopic (exact) mass is 338 g/mol. The highest BCUT2D eigenvalue weighted by Crippen LogP contribution is 2.15. The number of nitrogens with zero attached hydrogens (tertiary/aromatic N) is 4. The summed E-state index contributed by atoms with van der Waals surface area (Å²) in [7, 11) is 1.96. The highest BCUT2D eigenvalue weighted by Gasteiger charge is 2.18. The van der Waals surface area contributed by atoms with Crippen LogP contribution in [0, 0.1) is 0 Å². The molecule has 3 rings (SSSR count). The lowest BCUT2D eigenvalue weighted by Gasteiger charge is -2.34. The van der Waals surface area contributed by atoms with Crippen LogP contribution in [0.4, 0.5) is 0 Å². The van der Waals surface area contributed by atoms with Gasteiger partial charge in [0, 0.05) is 44.8 Å².